The number of hydrogen-bond acceptors (Lipinski definition) is 3. The molecule has 1 fully saturated rings. The van der Waals surface area contributed by atoms with Gasteiger partial charge in [-0.25, -0.2) is 4.79 Å². The predicted octanol–water partition coefficient (Wildman–Crippen LogP) is 0.529. The lowest BCUT2D eigenvalue weighted by atomic mass is 10.1. The highest BCUT2D eigenvalue weighted by Crippen LogP contribution is 2.02. The van der Waals surface area contributed by atoms with Gasteiger partial charge in [0.2, 0.25) is 0 Å². The van der Waals surface area contributed by atoms with E-state index < -0.39 is 11.9 Å². The van der Waals surface area contributed by atoms with E-state index in [1.807, 2.05) is 0 Å². The summed E-state index contributed by atoms with van der Waals surface area (Å²) in [6, 6.07) is -0.131. The Morgan fingerprint density at radius 3 is 2.88 bits per heavy atom. The SMILES string of the molecule is CC(CCNC(=O)N1CCCOCC1)C(=O)O. The number of carbonyl (C=O) groups is 2. The van der Waals surface area contributed by atoms with Crippen LogP contribution in [0.25, 0.3) is 0 Å². The number of amides is 2. The first kappa shape index (κ1) is 13.8. The van der Waals surface area contributed by atoms with Crippen molar-refractivity contribution in [2.75, 3.05) is 32.8 Å². The van der Waals surface area contributed by atoms with Crippen molar-refractivity contribution in [3.63, 3.8) is 0 Å². The fraction of sp³-hybridized carbons (Fsp3) is 0.818. The summed E-state index contributed by atoms with van der Waals surface area (Å²) in [4.78, 5) is 24.0. The Balaban J connectivity index is 2.21. The molecule has 1 unspecified atom stereocenters. The lowest BCUT2D eigenvalue weighted by molar-refractivity contribution is -0.141. The van der Waals surface area contributed by atoms with Gasteiger partial charge in [-0.3, -0.25) is 4.79 Å². The first-order valence-electron chi connectivity index (χ1n) is 5.94. The number of hydrogen-bond donors (Lipinski definition) is 2. The maximum atomic E-state index is 11.7. The van der Waals surface area contributed by atoms with Gasteiger partial charge in [0, 0.05) is 26.2 Å². The number of rotatable bonds is 4. The molecule has 0 aromatic heterocycles. The van der Waals surface area contributed by atoms with E-state index in [2.05, 4.69) is 5.32 Å². The first-order chi connectivity index (χ1) is 8.11. The third kappa shape index (κ3) is 5.04. The minimum absolute atomic E-state index is 0.131. The Kier molecular flexibility index (Phi) is 5.76. The average Bonchev–Trinajstić information content (AvgIpc) is 2.57. The minimum atomic E-state index is -0.831. The van der Waals surface area contributed by atoms with Crippen LogP contribution in [0.1, 0.15) is 19.8 Å². The quantitative estimate of drug-likeness (QED) is 0.756. The van der Waals surface area contributed by atoms with Crippen LogP contribution < -0.4 is 5.32 Å². The smallest absolute Gasteiger partial charge is 0.317 e. The number of aliphatic carboxylic acids is 1. The van der Waals surface area contributed by atoms with Crippen molar-refractivity contribution in [2.24, 2.45) is 5.92 Å². The molecule has 0 spiro atoms. The molecule has 0 aromatic rings. The van der Waals surface area contributed by atoms with Crippen molar-refractivity contribution in [1.82, 2.24) is 10.2 Å². The van der Waals surface area contributed by atoms with Gasteiger partial charge in [-0.1, -0.05) is 6.92 Å². The summed E-state index contributed by atoms with van der Waals surface area (Å²) in [5, 5.41) is 11.4. The molecule has 0 saturated carbocycles. The van der Waals surface area contributed by atoms with Crippen LogP contribution in [0.4, 0.5) is 4.79 Å². The molecule has 0 aliphatic carbocycles. The normalized spacial score (nSPS) is 18.3. The third-order valence-electron chi connectivity index (χ3n) is 2.78. The number of nitrogens with zero attached hydrogens (tertiary/aromatic N) is 1. The zero-order chi connectivity index (χ0) is 12.7. The first-order valence-corrected chi connectivity index (χ1v) is 5.94. The van der Waals surface area contributed by atoms with Gasteiger partial charge in [0.1, 0.15) is 0 Å². The number of urea groups is 1. The van der Waals surface area contributed by atoms with Gasteiger partial charge in [0.15, 0.2) is 0 Å². The highest BCUT2D eigenvalue weighted by molar-refractivity contribution is 5.74. The molecule has 2 N–H and O–H groups in total. The number of carbonyl (C=O) groups excluding carboxylic acids is 1. The highest BCUT2D eigenvalue weighted by atomic mass is 16.5. The van der Waals surface area contributed by atoms with Gasteiger partial charge in [0.25, 0.3) is 0 Å². The summed E-state index contributed by atoms with van der Waals surface area (Å²) in [6.07, 6.45) is 1.30. The zero-order valence-corrected chi connectivity index (χ0v) is 10.1. The lowest BCUT2D eigenvalue weighted by Gasteiger charge is -2.20. The van der Waals surface area contributed by atoms with E-state index in [1.54, 1.807) is 11.8 Å². The van der Waals surface area contributed by atoms with E-state index in [9.17, 15) is 9.59 Å². The summed E-state index contributed by atoms with van der Waals surface area (Å²) >= 11 is 0. The Bertz CT molecular complexity index is 262. The topological polar surface area (TPSA) is 78.9 Å². The van der Waals surface area contributed by atoms with Crippen LogP contribution in [-0.2, 0) is 9.53 Å². The molecule has 1 aliphatic rings. The second-order valence-corrected chi connectivity index (χ2v) is 4.21. The summed E-state index contributed by atoms with van der Waals surface area (Å²) in [5.74, 6) is -1.26. The van der Waals surface area contributed by atoms with Gasteiger partial charge in [-0.2, -0.15) is 0 Å². The monoisotopic (exact) mass is 244 g/mol. The Labute approximate surface area is 101 Å². The van der Waals surface area contributed by atoms with Crippen LogP contribution in [0.3, 0.4) is 0 Å². The van der Waals surface area contributed by atoms with Gasteiger partial charge in [-0.15, -0.1) is 0 Å². The summed E-state index contributed by atoms with van der Waals surface area (Å²) in [7, 11) is 0. The van der Waals surface area contributed by atoms with Gasteiger partial charge < -0.3 is 20.1 Å². The number of carboxylic acid groups (broad SMARTS) is 1. The maximum Gasteiger partial charge on any atom is 0.317 e. The van der Waals surface area contributed by atoms with E-state index in [-0.39, 0.29) is 6.03 Å². The summed E-state index contributed by atoms with van der Waals surface area (Å²) in [5.41, 5.74) is 0. The number of carboxylic acids is 1. The molecule has 0 aromatic carbocycles. The molecular formula is C11H20N2O4. The maximum absolute atomic E-state index is 11.7. The molecule has 1 rings (SSSR count). The number of nitrogens with one attached hydrogen (secondary N) is 1. The Morgan fingerprint density at radius 1 is 1.41 bits per heavy atom. The fourth-order valence-electron chi connectivity index (χ4n) is 1.58. The van der Waals surface area contributed by atoms with Crippen LogP contribution in [0.15, 0.2) is 0 Å². The molecule has 1 heterocycles. The van der Waals surface area contributed by atoms with Gasteiger partial charge >= 0.3 is 12.0 Å². The highest BCUT2D eigenvalue weighted by Gasteiger charge is 2.16. The average molecular weight is 244 g/mol. The van der Waals surface area contributed by atoms with Crippen molar-refractivity contribution in [2.45, 2.75) is 19.8 Å². The Hall–Kier alpha value is -1.30. The minimum Gasteiger partial charge on any atom is -0.481 e. The van der Waals surface area contributed by atoms with Gasteiger partial charge in [0.05, 0.1) is 12.5 Å². The van der Waals surface area contributed by atoms with Gasteiger partial charge in [-0.05, 0) is 12.8 Å². The molecule has 1 saturated heterocycles. The van der Waals surface area contributed by atoms with E-state index in [0.29, 0.717) is 39.3 Å². The fourth-order valence-corrected chi connectivity index (χ4v) is 1.58. The van der Waals surface area contributed by atoms with Crippen LogP contribution in [0, 0.1) is 5.92 Å². The number of ether oxygens (including phenoxy) is 1. The van der Waals surface area contributed by atoms with Crippen LogP contribution in [0.5, 0.6) is 0 Å². The lowest BCUT2D eigenvalue weighted by Crippen LogP contribution is -2.42. The molecule has 2 amide bonds. The molecule has 17 heavy (non-hydrogen) atoms. The molecule has 6 heteroatoms. The zero-order valence-electron chi connectivity index (χ0n) is 10.1. The summed E-state index contributed by atoms with van der Waals surface area (Å²) < 4.78 is 5.25. The third-order valence-corrected chi connectivity index (χ3v) is 2.78. The van der Waals surface area contributed by atoms with Crippen molar-refractivity contribution >= 4 is 12.0 Å². The van der Waals surface area contributed by atoms with Crippen molar-refractivity contribution < 1.29 is 19.4 Å². The van der Waals surface area contributed by atoms with Crippen molar-refractivity contribution in [3.8, 4) is 0 Å². The van der Waals surface area contributed by atoms with E-state index in [0.717, 1.165) is 6.42 Å². The van der Waals surface area contributed by atoms with E-state index in [1.165, 1.54) is 0 Å². The molecule has 1 atom stereocenters. The molecule has 98 valence electrons. The predicted molar refractivity (Wildman–Crippen MR) is 61.8 cm³/mol. The second kappa shape index (κ2) is 7.11. The molecule has 0 radical (unpaired) electrons. The summed E-state index contributed by atoms with van der Waals surface area (Å²) in [6.45, 7) is 4.58. The molecule has 0 bridgehead atoms. The van der Waals surface area contributed by atoms with E-state index >= 15 is 0 Å². The molecule has 1 aliphatic heterocycles. The van der Waals surface area contributed by atoms with Crippen LogP contribution in [-0.4, -0.2) is 54.9 Å². The Morgan fingerprint density at radius 2 is 2.18 bits per heavy atom. The van der Waals surface area contributed by atoms with E-state index in [4.69, 9.17) is 9.84 Å². The van der Waals surface area contributed by atoms with Crippen molar-refractivity contribution in [1.29, 1.82) is 0 Å². The molecule has 6 nitrogen and oxygen atoms in total. The molecular weight excluding hydrogens is 224 g/mol. The second-order valence-electron chi connectivity index (χ2n) is 4.21. The van der Waals surface area contributed by atoms with Crippen LogP contribution >= 0.6 is 0 Å². The van der Waals surface area contributed by atoms with Crippen molar-refractivity contribution in [3.05, 3.63) is 0 Å². The standard InChI is InChI=1S/C11H20N2O4/c1-9(10(14)15)3-4-12-11(16)13-5-2-7-17-8-6-13/h9H,2-8H2,1H3,(H,12,16)(H,14,15). The largest absolute Gasteiger partial charge is 0.481 e. The van der Waals surface area contributed by atoms with Crippen LogP contribution in [0.2, 0.25) is 0 Å².